The number of para-hydroxylation sites is 1. The van der Waals surface area contributed by atoms with Crippen LogP contribution < -0.4 is 4.90 Å². The zero-order valence-electron chi connectivity index (χ0n) is 10.4. The van der Waals surface area contributed by atoms with E-state index in [-0.39, 0.29) is 18.1 Å². The normalized spacial score (nSPS) is 10.5. The molecule has 0 saturated heterocycles. The molecule has 1 aromatic carbocycles. The van der Waals surface area contributed by atoms with Crippen LogP contribution in [0.4, 0.5) is 10.1 Å². The third-order valence-electron chi connectivity index (χ3n) is 2.78. The van der Waals surface area contributed by atoms with Gasteiger partial charge in [-0.25, -0.2) is 4.39 Å². The first-order valence-electron chi connectivity index (χ1n) is 5.89. The van der Waals surface area contributed by atoms with Crippen molar-refractivity contribution in [2.24, 2.45) is 0 Å². The molecule has 0 fully saturated rings. The van der Waals surface area contributed by atoms with Crippen LogP contribution in [0.3, 0.4) is 0 Å². The van der Waals surface area contributed by atoms with Crippen molar-refractivity contribution >= 4 is 38.7 Å². The monoisotopic (exact) mass is 341 g/mol. The lowest BCUT2D eigenvalue weighted by atomic mass is 10.2. The predicted octanol–water partition coefficient (Wildman–Crippen LogP) is 4.36. The van der Waals surface area contributed by atoms with Crippen LogP contribution in [0, 0.1) is 5.82 Å². The Hall–Kier alpha value is -1.20. The smallest absolute Gasteiger partial charge is 0.193 e. The first-order valence-corrected chi connectivity index (χ1v) is 7.56. The van der Waals surface area contributed by atoms with E-state index in [1.54, 1.807) is 23.1 Å². The standard InChI is InChI=1S/C14H13BrFNOS/c1-2-17(12-6-4-3-5-11(12)16)9-13(18)14-10(15)7-8-19-14/h3-8H,2,9H2,1H3. The number of hydrogen-bond acceptors (Lipinski definition) is 3. The minimum absolute atomic E-state index is 0.00743. The molecule has 0 spiro atoms. The highest BCUT2D eigenvalue weighted by Crippen LogP contribution is 2.25. The molecule has 0 aliphatic heterocycles. The molecule has 0 N–H and O–H groups in total. The SMILES string of the molecule is CCN(CC(=O)c1sccc1Br)c1ccccc1F. The van der Waals surface area contributed by atoms with Crippen molar-refractivity contribution in [1.29, 1.82) is 0 Å². The number of carbonyl (C=O) groups is 1. The minimum atomic E-state index is -0.303. The average molecular weight is 342 g/mol. The van der Waals surface area contributed by atoms with E-state index in [2.05, 4.69) is 15.9 Å². The van der Waals surface area contributed by atoms with Gasteiger partial charge < -0.3 is 4.90 Å². The van der Waals surface area contributed by atoms with Gasteiger partial charge in [-0.15, -0.1) is 11.3 Å². The predicted molar refractivity (Wildman–Crippen MR) is 80.6 cm³/mol. The molecule has 100 valence electrons. The Balaban J connectivity index is 2.19. The summed E-state index contributed by atoms with van der Waals surface area (Å²) in [6.45, 7) is 2.66. The molecular formula is C14H13BrFNOS. The third-order valence-corrected chi connectivity index (χ3v) is 4.66. The van der Waals surface area contributed by atoms with Crippen LogP contribution in [0.2, 0.25) is 0 Å². The van der Waals surface area contributed by atoms with E-state index in [0.717, 1.165) is 4.47 Å². The van der Waals surface area contributed by atoms with Gasteiger partial charge in [0.1, 0.15) is 5.82 Å². The molecule has 2 rings (SSSR count). The summed E-state index contributed by atoms with van der Waals surface area (Å²) in [7, 11) is 0. The van der Waals surface area contributed by atoms with Gasteiger partial charge in [0.15, 0.2) is 5.78 Å². The molecule has 19 heavy (non-hydrogen) atoms. The summed E-state index contributed by atoms with van der Waals surface area (Å²) in [5, 5.41) is 1.86. The largest absolute Gasteiger partial charge is 0.362 e. The molecule has 1 heterocycles. The number of hydrogen-bond donors (Lipinski definition) is 0. The van der Waals surface area contributed by atoms with E-state index in [0.29, 0.717) is 17.1 Å². The second-order valence-electron chi connectivity index (χ2n) is 3.99. The van der Waals surface area contributed by atoms with Crippen molar-refractivity contribution < 1.29 is 9.18 Å². The number of halogens is 2. The van der Waals surface area contributed by atoms with Crippen molar-refractivity contribution in [1.82, 2.24) is 0 Å². The molecule has 0 atom stereocenters. The van der Waals surface area contributed by atoms with Gasteiger partial charge in [0.05, 0.1) is 17.1 Å². The molecule has 0 bridgehead atoms. The van der Waals surface area contributed by atoms with Gasteiger partial charge in [-0.2, -0.15) is 0 Å². The van der Waals surface area contributed by atoms with E-state index in [9.17, 15) is 9.18 Å². The molecule has 0 amide bonds. The molecule has 2 nitrogen and oxygen atoms in total. The summed E-state index contributed by atoms with van der Waals surface area (Å²) < 4.78 is 14.5. The van der Waals surface area contributed by atoms with E-state index in [1.807, 2.05) is 18.4 Å². The van der Waals surface area contributed by atoms with Crippen LogP contribution in [0.1, 0.15) is 16.6 Å². The lowest BCUT2D eigenvalue weighted by Gasteiger charge is -2.22. The summed E-state index contributed by atoms with van der Waals surface area (Å²) in [5.41, 5.74) is 0.464. The number of benzene rings is 1. The Morgan fingerprint density at radius 3 is 2.68 bits per heavy atom. The fourth-order valence-corrected chi connectivity index (χ4v) is 3.34. The Bertz CT molecular complexity index is 584. The molecule has 0 radical (unpaired) electrons. The Morgan fingerprint density at radius 1 is 1.37 bits per heavy atom. The fraction of sp³-hybridized carbons (Fsp3) is 0.214. The summed E-state index contributed by atoms with van der Waals surface area (Å²) in [4.78, 5) is 14.6. The van der Waals surface area contributed by atoms with E-state index in [4.69, 9.17) is 0 Å². The Kier molecular flexibility index (Phi) is 4.71. The average Bonchev–Trinajstić information content (AvgIpc) is 2.83. The number of anilines is 1. The number of thiophene rings is 1. The summed E-state index contributed by atoms with van der Waals surface area (Å²) in [5.74, 6) is -0.311. The third kappa shape index (κ3) is 3.22. The number of carbonyl (C=O) groups excluding carboxylic acids is 1. The number of Topliss-reactive ketones (excluding diaryl/α,β-unsaturated/α-hetero) is 1. The summed E-state index contributed by atoms with van der Waals surface area (Å²) in [6.07, 6.45) is 0. The fourth-order valence-electron chi connectivity index (χ4n) is 1.81. The van der Waals surface area contributed by atoms with Crippen LogP contribution in [0.5, 0.6) is 0 Å². The second-order valence-corrected chi connectivity index (χ2v) is 5.76. The van der Waals surface area contributed by atoms with Gasteiger partial charge in [-0.1, -0.05) is 12.1 Å². The van der Waals surface area contributed by atoms with Gasteiger partial charge in [0, 0.05) is 11.0 Å². The number of rotatable bonds is 5. The number of likely N-dealkylation sites (N-methyl/N-ethyl adjacent to an activating group) is 1. The first-order chi connectivity index (χ1) is 9.13. The van der Waals surface area contributed by atoms with Crippen LogP contribution in [-0.4, -0.2) is 18.9 Å². The van der Waals surface area contributed by atoms with Crippen LogP contribution in [-0.2, 0) is 0 Å². The van der Waals surface area contributed by atoms with Gasteiger partial charge >= 0.3 is 0 Å². The molecule has 1 aromatic heterocycles. The zero-order chi connectivity index (χ0) is 13.8. The van der Waals surface area contributed by atoms with Crippen molar-refractivity contribution in [2.45, 2.75) is 6.92 Å². The molecule has 0 saturated carbocycles. The van der Waals surface area contributed by atoms with Crippen molar-refractivity contribution in [3.05, 3.63) is 50.9 Å². The van der Waals surface area contributed by atoms with E-state index >= 15 is 0 Å². The highest BCUT2D eigenvalue weighted by molar-refractivity contribution is 9.10. The van der Waals surface area contributed by atoms with Crippen LogP contribution in [0.25, 0.3) is 0 Å². The van der Waals surface area contributed by atoms with Crippen molar-refractivity contribution in [3.8, 4) is 0 Å². The van der Waals surface area contributed by atoms with Gasteiger partial charge in [0.2, 0.25) is 0 Å². The van der Waals surface area contributed by atoms with Gasteiger partial charge in [-0.3, -0.25) is 4.79 Å². The van der Waals surface area contributed by atoms with E-state index in [1.165, 1.54) is 17.4 Å². The maximum Gasteiger partial charge on any atom is 0.193 e. The van der Waals surface area contributed by atoms with Crippen LogP contribution in [0.15, 0.2) is 40.2 Å². The molecular weight excluding hydrogens is 329 g/mol. The van der Waals surface area contributed by atoms with Crippen LogP contribution >= 0.6 is 27.3 Å². The summed E-state index contributed by atoms with van der Waals surface area (Å²) in [6, 6.07) is 8.35. The van der Waals surface area contributed by atoms with Crippen molar-refractivity contribution in [3.63, 3.8) is 0 Å². The number of ketones is 1. The molecule has 0 aliphatic carbocycles. The first kappa shape index (κ1) is 14.2. The lowest BCUT2D eigenvalue weighted by Crippen LogP contribution is -2.30. The van der Waals surface area contributed by atoms with Gasteiger partial charge in [-0.05, 0) is 46.4 Å². The quantitative estimate of drug-likeness (QED) is 0.753. The highest BCUT2D eigenvalue weighted by Gasteiger charge is 2.17. The van der Waals surface area contributed by atoms with Gasteiger partial charge in [0.25, 0.3) is 0 Å². The lowest BCUT2D eigenvalue weighted by molar-refractivity contribution is 0.100. The Morgan fingerprint density at radius 2 is 2.11 bits per heavy atom. The molecule has 2 aromatic rings. The van der Waals surface area contributed by atoms with E-state index < -0.39 is 0 Å². The second kappa shape index (κ2) is 6.30. The maximum atomic E-state index is 13.7. The highest BCUT2D eigenvalue weighted by atomic mass is 79.9. The minimum Gasteiger partial charge on any atom is -0.362 e. The topological polar surface area (TPSA) is 20.3 Å². The number of nitrogens with zero attached hydrogens (tertiary/aromatic N) is 1. The van der Waals surface area contributed by atoms with Crippen molar-refractivity contribution in [2.75, 3.05) is 18.0 Å². The Labute approximate surface area is 124 Å². The molecule has 5 heteroatoms. The summed E-state index contributed by atoms with van der Waals surface area (Å²) >= 11 is 4.74. The molecule has 0 aliphatic rings. The zero-order valence-corrected chi connectivity index (χ0v) is 12.8. The molecule has 0 unspecified atom stereocenters. The maximum absolute atomic E-state index is 13.7.